The third kappa shape index (κ3) is 5.25. The average Bonchev–Trinajstić information content (AvgIpc) is 3.12. The normalized spacial score (nSPS) is 18.0. The van der Waals surface area contributed by atoms with Crippen molar-refractivity contribution in [1.82, 2.24) is 14.8 Å². The van der Waals surface area contributed by atoms with Crippen molar-refractivity contribution in [2.45, 2.75) is 83.7 Å². The van der Waals surface area contributed by atoms with Crippen LogP contribution in [0.4, 0.5) is 0 Å². The number of hydrogen-bond donors (Lipinski definition) is 1. The summed E-state index contributed by atoms with van der Waals surface area (Å²) in [5.41, 5.74) is 4.38. The maximum absolute atomic E-state index is 13.3. The highest BCUT2D eigenvalue weighted by Gasteiger charge is 2.28. The van der Waals surface area contributed by atoms with E-state index in [-0.39, 0.29) is 17.9 Å². The zero-order valence-electron chi connectivity index (χ0n) is 19.6. The number of hydrogen-bond acceptors (Lipinski definition) is 2. The van der Waals surface area contributed by atoms with Crippen LogP contribution in [0.2, 0.25) is 0 Å². The molecule has 172 valence electrons. The first kappa shape index (κ1) is 22.6. The van der Waals surface area contributed by atoms with E-state index in [0.29, 0.717) is 25.6 Å². The number of carbonyl (C=O) groups is 2. The summed E-state index contributed by atoms with van der Waals surface area (Å²) in [4.78, 5) is 27.6. The van der Waals surface area contributed by atoms with Gasteiger partial charge in [-0.25, -0.2) is 0 Å². The number of aryl methyl sites for hydroxylation is 2. The molecule has 2 heterocycles. The Kier molecular flexibility index (Phi) is 7.33. The second-order valence-electron chi connectivity index (χ2n) is 9.57. The second kappa shape index (κ2) is 10.4. The molecular formula is C27H37N3O2. The van der Waals surface area contributed by atoms with E-state index in [1.54, 1.807) is 0 Å². The Morgan fingerprint density at radius 1 is 0.969 bits per heavy atom. The molecule has 0 radical (unpaired) electrons. The van der Waals surface area contributed by atoms with Gasteiger partial charge in [0.2, 0.25) is 5.91 Å². The Morgan fingerprint density at radius 2 is 1.66 bits per heavy atom. The van der Waals surface area contributed by atoms with E-state index in [1.807, 2.05) is 23.1 Å². The lowest BCUT2D eigenvalue weighted by Gasteiger charge is -2.32. The Balaban J connectivity index is 1.28. The molecule has 1 saturated heterocycles. The molecule has 2 aromatic rings. The van der Waals surface area contributed by atoms with Crippen LogP contribution in [-0.2, 0) is 11.2 Å². The third-order valence-electron chi connectivity index (χ3n) is 7.29. The van der Waals surface area contributed by atoms with Crippen LogP contribution in [0.25, 0.3) is 0 Å². The van der Waals surface area contributed by atoms with E-state index in [1.165, 1.54) is 43.4 Å². The number of aromatic nitrogens is 1. The predicted octanol–water partition coefficient (Wildman–Crippen LogP) is 4.96. The lowest BCUT2D eigenvalue weighted by molar-refractivity contribution is -0.122. The standard InChI is InChI=1S/C27H37N3O2/c1-20-19-25(21(2)30(20)24-11-7-4-8-12-24)27(32)29-17-15-23(16-18-29)28-26(31)14-13-22-9-5-3-6-10-22/h3,5-6,9-10,19,23-24H,4,7-8,11-18H2,1-2H3,(H,28,31). The molecule has 5 heteroatoms. The SMILES string of the molecule is Cc1cc(C(=O)N2CCC(NC(=O)CCc3ccccc3)CC2)c(C)n1C1CCCCC1. The second-order valence-corrected chi connectivity index (χ2v) is 9.57. The van der Waals surface area contributed by atoms with Crippen LogP contribution in [0.5, 0.6) is 0 Å². The Labute approximate surface area is 192 Å². The zero-order chi connectivity index (χ0) is 22.5. The van der Waals surface area contributed by atoms with E-state index >= 15 is 0 Å². The van der Waals surface area contributed by atoms with Gasteiger partial charge in [-0.05, 0) is 57.6 Å². The molecule has 1 saturated carbocycles. The molecule has 1 aliphatic carbocycles. The van der Waals surface area contributed by atoms with Crippen LogP contribution in [-0.4, -0.2) is 40.4 Å². The summed E-state index contributed by atoms with van der Waals surface area (Å²) in [5, 5.41) is 3.17. The van der Waals surface area contributed by atoms with Gasteiger partial charge in [-0.15, -0.1) is 0 Å². The molecule has 0 bridgehead atoms. The zero-order valence-corrected chi connectivity index (χ0v) is 19.6. The summed E-state index contributed by atoms with van der Waals surface area (Å²) in [5.74, 6) is 0.253. The first-order valence-corrected chi connectivity index (χ1v) is 12.3. The highest BCUT2D eigenvalue weighted by atomic mass is 16.2. The molecule has 2 amide bonds. The fourth-order valence-electron chi connectivity index (χ4n) is 5.49. The number of rotatable bonds is 6. The Hall–Kier alpha value is -2.56. The number of piperidine rings is 1. The minimum absolute atomic E-state index is 0.106. The van der Waals surface area contributed by atoms with Crippen molar-refractivity contribution < 1.29 is 9.59 Å². The summed E-state index contributed by atoms with van der Waals surface area (Å²) in [6.45, 7) is 5.65. The van der Waals surface area contributed by atoms with Gasteiger partial charge >= 0.3 is 0 Å². The van der Waals surface area contributed by atoms with Gasteiger partial charge in [0.15, 0.2) is 0 Å². The largest absolute Gasteiger partial charge is 0.353 e. The van der Waals surface area contributed by atoms with Gasteiger partial charge in [0, 0.05) is 43.0 Å². The summed E-state index contributed by atoms with van der Waals surface area (Å²) in [6.07, 6.45) is 9.27. The van der Waals surface area contributed by atoms with Crippen molar-refractivity contribution in [2.24, 2.45) is 0 Å². The minimum Gasteiger partial charge on any atom is -0.353 e. The van der Waals surface area contributed by atoms with Crippen LogP contribution >= 0.6 is 0 Å². The highest BCUT2D eigenvalue weighted by molar-refractivity contribution is 5.95. The average molecular weight is 436 g/mol. The van der Waals surface area contributed by atoms with Crippen molar-refractivity contribution in [3.63, 3.8) is 0 Å². The molecule has 2 fully saturated rings. The molecule has 1 aromatic heterocycles. The number of likely N-dealkylation sites (tertiary alicyclic amines) is 1. The van der Waals surface area contributed by atoms with Crippen LogP contribution in [0.15, 0.2) is 36.4 Å². The minimum atomic E-state index is 0.106. The molecule has 0 spiro atoms. The highest BCUT2D eigenvalue weighted by Crippen LogP contribution is 2.32. The number of benzene rings is 1. The first-order valence-electron chi connectivity index (χ1n) is 12.3. The van der Waals surface area contributed by atoms with Crippen molar-refractivity contribution >= 4 is 11.8 Å². The van der Waals surface area contributed by atoms with Crippen molar-refractivity contribution in [2.75, 3.05) is 13.1 Å². The van der Waals surface area contributed by atoms with Gasteiger partial charge in [0.05, 0.1) is 5.56 Å². The number of nitrogens with one attached hydrogen (secondary N) is 1. The molecule has 32 heavy (non-hydrogen) atoms. The van der Waals surface area contributed by atoms with E-state index < -0.39 is 0 Å². The van der Waals surface area contributed by atoms with Gasteiger partial charge in [0.1, 0.15) is 0 Å². The summed E-state index contributed by atoms with van der Waals surface area (Å²) in [7, 11) is 0. The van der Waals surface area contributed by atoms with E-state index in [2.05, 4.69) is 41.9 Å². The number of carbonyl (C=O) groups excluding carboxylic acids is 2. The van der Waals surface area contributed by atoms with Gasteiger partial charge in [-0.3, -0.25) is 9.59 Å². The van der Waals surface area contributed by atoms with Crippen LogP contribution < -0.4 is 5.32 Å². The van der Waals surface area contributed by atoms with Crippen LogP contribution in [0, 0.1) is 13.8 Å². The monoisotopic (exact) mass is 435 g/mol. The fraction of sp³-hybridized carbons (Fsp3) is 0.556. The maximum Gasteiger partial charge on any atom is 0.255 e. The lowest BCUT2D eigenvalue weighted by atomic mass is 9.95. The van der Waals surface area contributed by atoms with Gasteiger partial charge in [-0.2, -0.15) is 0 Å². The van der Waals surface area contributed by atoms with E-state index in [0.717, 1.165) is 30.5 Å². The quantitative estimate of drug-likeness (QED) is 0.697. The van der Waals surface area contributed by atoms with Crippen LogP contribution in [0.1, 0.15) is 84.7 Å². The third-order valence-corrected chi connectivity index (χ3v) is 7.29. The Bertz CT molecular complexity index is 920. The molecule has 5 nitrogen and oxygen atoms in total. The van der Waals surface area contributed by atoms with E-state index in [9.17, 15) is 9.59 Å². The topological polar surface area (TPSA) is 54.3 Å². The van der Waals surface area contributed by atoms with Crippen molar-refractivity contribution in [3.05, 3.63) is 58.9 Å². The number of nitrogens with zero attached hydrogens (tertiary/aromatic N) is 2. The first-order chi connectivity index (χ1) is 15.5. The fourth-order valence-corrected chi connectivity index (χ4v) is 5.49. The molecular weight excluding hydrogens is 398 g/mol. The maximum atomic E-state index is 13.3. The van der Waals surface area contributed by atoms with Gasteiger partial charge < -0.3 is 14.8 Å². The van der Waals surface area contributed by atoms with Crippen LogP contribution in [0.3, 0.4) is 0 Å². The predicted molar refractivity (Wildman–Crippen MR) is 128 cm³/mol. The summed E-state index contributed by atoms with van der Waals surface area (Å²) >= 11 is 0. The summed E-state index contributed by atoms with van der Waals surface area (Å²) < 4.78 is 2.41. The number of amides is 2. The lowest BCUT2D eigenvalue weighted by Crippen LogP contribution is -2.46. The molecule has 1 aliphatic heterocycles. The smallest absolute Gasteiger partial charge is 0.255 e. The van der Waals surface area contributed by atoms with Gasteiger partial charge in [-0.1, -0.05) is 49.6 Å². The van der Waals surface area contributed by atoms with E-state index in [4.69, 9.17) is 0 Å². The summed E-state index contributed by atoms with van der Waals surface area (Å²) in [6, 6.07) is 12.9. The van der Waals surface area contributed by atoms with Crippen molar-refractivity contribution in [3.8, 4) is 0 Å². The molecule has 2 aliphatic rings. The van der Waals surface area contributed by atoms with Gasteiger partial charge in [0.25, 0.3) is 5.91 Å². The Morgan fingerprint density at radius 3 is 2.34 bits per heavy atom. The molecule has 1 aromatic carbocycles. The molecule has 0 atom stereocenters. The molecule has 4 rings (SSSR count). The van der Waals surface area contributed by atoms with Crippen molar-refractivity contribution in [1.29, 1.82) is 0 Å². The molecule has 0 unspecified atom stereocenters. The molecule has 1 N–H and O–H groups in total.